The van der Waals surface area contributed by atoms with Crippen LogP contribution in [0.5, 0.6) is 0 Å². The minimum absolute atomic E-state index is 0.167. The number of benzene rings is 1. The third-order valence-electron chi connectivity index (χ3n) is 2.39. The fraction of sp³-hybridized carbons (Fsp3) is 0.357. The molecule has 0 aliphatic carbocycles. The van der Waals surface area contributed by atoms with Crippen LogP contribution in [0.3, 0.4) is 0 Å². The Morgan fingerprint density at radius 1 is 1.40 bits per heavy atom. The van der Waals surface area contributed by atoms with Gasteiger partial charge in [0.15, 0.2) is 0 Å². The van der Waals surface area contributed by atoms with E-state index in [4.69, 9.17) is 0 Å². The highest BCUT2D eigenvalue weighted by Crippen LogP contribution is 2.09. The van der Waals surface area contributed by atoms with Gasteiger partial charge in [-0.15, -0.1) is 0 Å². The molecule has 0 heterocycles. The Morgan fingerprint density at radius 2 is 2.13 bits per heavy atom. The molecule has 0 fully saturated rings. The van der Waals surface area contributed by atoms with Crippen molar-refractivity contribution in [3.8, 4) is 0 Å². The second-order valence-electron chi connectivity index (χ2n) is 3.57. The van der Waals surface area contributed by atoms with Gasteiger partial charge in [-0.3, -0.25) is 0 Å². The number of rotatable bonds is 4. The SMILES string of the molecule is CCC(F)=C=CCCc1ccccc1C. The molecule has 0 bridgehead atoms. The van der Waals surface area contributed by atoms with E-state index >= 15 is 0 Å². The first-order chi connectivity index (χ1) is 7.24. The molecule has 1 rings (SSSR count). The number of hydrogen-bond acceptors (Lipinski definition) is 0. The van der Waals surface area contributed by atoms with Crippen molar-refractivity contribution in [3.63, 3.8) is 0 Å². The lowest BCUT2D eigenvalue weighted by Gasteiger charge is -2.01. The molecule has 0 amide bonds. The lowest BCUT2D eigenvalue weighted by Crippen LogP contribution is -1.86. The Hall–Kier alpha value is -1.33. The van der Waals surface area contributed by atoms with Crippen LogP contribution in [-0.4, -0.2) is 0 Å². The van der Waals surface area contributed by atoms with Gasteiger partial charge in [0.05, 0.1) is 0 Å². The lowest BCUT2D eigenvalue weighted by molar-refractivity contribution is 0.606. The maximum Gasteiger partial charge on any atom is 0.141 e. The van der Waals surface area contributed by atoms with Gasteiger partial charge in [0.2, 0.25) is 0 Å². The van der Waals surface area contributed by atoms with Crippen LogP contribution < -0.4 is 0 Å². The molecule has 1 aromatic carbocycles. The molecule has 0 nitrogen and oxygen atoms in total. The van der Waals surface area contributed by atoms with Gasteiger partial charge in [0, 0.05) is 6.42 Å². The van der Waals surface area contributed by atoms with Crippen LogP contribution in [0.25, 0.3) is 0 Å². The zero-order valence-corrected chi connectivity index (χ0v) is 9.39. The summed E-state index contributed by atoms with van der Waals surface area (Å²) in [4.78, 5) is 0. The molecule has 0 aromatic heterocycles. The van der Waals surface area contributed by atoms with Crippen LogP contribution in [0.1, 0.15) is 30.9 Å². The van der Waals surface area contributed by atoms with Gasteiger partial charge in [-0.05, 0) is 37.0 Å². The average molecular weight is 204 g/mol. The highest BCUT2D eigenvalue weighted by atomic mass is 19.1. The first-order valence-corrected chi connectivity index (χ1v) is 5.38. The summed E-state index contributed by atoms with van der Waals surface area (Å²) in [6.45, 7) is 3.89. The van der Waals surface area contributed by atoms with Crippen molar-refractivity contribution in [2.24, 2.45) is 0 Å². The van der Waals surface area contributed by atoms with Gasteiger partial charge in [-0.25, -0.2) is 4.39 Å². The zero-order valence-electron chi connectivity index (χ0n) is 9.39. The molecule has 80 valence electrons. The quantitative estimate of drug-likeness (QED) is 0.640. The van der Waals surface area contributed by atoms with Crippen molar-refractivity contribution in [3.05, 3.63) is 53.0 Å². The van der Waals surface area contributed by atoms with E-state index in [0.29, 0.717) is 6.42 Å². The van der Waals surface area contributed by atoms with Gasteiger partial charge in [-0.2, -0.15) is 0 Å². The van der Waals surface area contributed by atoms with Crippen molar-refractivity contribution in [1.82, 2.24) is 0 Å². The molecule has 0 atom stereocenters. The Bertz CT molecular complexity index is 371. The Labute approximate surface area is 91.1 Å². The minimum atomic E-state index is -0.167. The Balaban J connectivity index is 2.52. The summed E-state index contributed by atoms with van der Waals surface area (Å²) in [7, 11) is 0. The standard InChI is InChI=1S/C14H17F/c1-3-14(15)11-7-6-10-13-9-5-4-8-12(13)2/h4-5,7-9H,3,6,10H2,1-2H3. The number of halogens is 1. The molecule has 0 saturated heterocycles. The van der Waals surface area contributed by atoms with Gasteiger partial charge in [-0.1, -0.05) is 36.9 Å². The fourth-order valence-electron chi connectivity index (χ4n) is 1.40. The molecule has 0 aliphatic heterocycles. The third kappa shape index (κ3) is 4.14. The molecular weight excluding hydrogens is 187 g/mol. The van der Waals surface area contributed by atoms with E-state index in [2.05, 4.69) is 24.8 Å². The normalized spacial score (nSPS) is 9.53. The molecule has 0 aliphatic rings. The number of hydrogen-bond donors (Lipinski definition) is 0. The van der Waals surface area contributed by atoms with Crippen LogP contribution >= 0.6 is 0 Å². The second kappa shape index (κ2) is 6.21. The summed E-state index contributed by atoms with van der Waals surface area (Å²) in [5.74, 6) is -0.167. The number of aryl methyl sites for hydroxylation is 2. The molecule has 0 spiro atoms. The third-order valence-corrected chi connectivity index (χ3v) is 2.39. The molecule has 0 saturated carbocycles. The highest BCUT2D eigenvalue weighted by Gasteiger charge is 1.94. The van der Waals surface area contributed by atoms with E-state index in [-0.39, 0.29) is 5.83 Å². The van der Waals surface area contributed by atoms with Gasteiger partial charge >= 0.3 is 0 Å². The minimum Gasteiger partial charge on any atom is -0.203 e. The predicted octanol–water partition coefficient (Wildman–Crippen LogP) is 4.35. The van der Waals surface area contributed by atoms with E-state index in [1.54, 1.807) is 13.0 Å². The molecule has 0 radical (unpaired) electrons. The molecule has 1 aromatic rings. The molecular formula is C14H17F. The van der Waals surface area contributed by atoms with Crippen LogP contribution in [0.15, 0.2) is 41.9 Å². The zero-order chi connectivity index (χ0) is 11.1. The number of allylic oxidation sites excluding steroid dienone is 1. The van der Waals surface area contributed by atoms with E-state index in [1.165, 1.54) is 11.1 Å². The summed E-state index contributed by atoms with van der Waals surface area (Å²) in [5, 5.41) is 0. The van der Waals surface area contributed by atoms with Gasteiger partial charge in [0.1, 0.15) is 5.83 Å². The van der Waals surface area contributed by atoms with E-state index < -0.39 is 0 Å². The largest absolute Gasteiger partial charge is 0.203 e. The van der Waals surface area contributed by atoms with E-state index in [0.717, 1.165) is 12.8 Å². The molecule has 0 unspecified atom stereocenters. The van der Waals surface area contributed by atoms with E-state index in [9.17, 15) is 4.39 Å². The summed E-state index contributed by atoms with van der Waals surface area (Å²) in [5.41, 5.74) is 5.27. The van der Waals surface area contributed by atoms with Crippen molar-refractivity contribution >= 4 is 0 Å². The Kier molecular flexibility index (Phi) is 4.86. The van der Waals surface area contributed by atoms with Crippen molar-refractivity contribution in [1.29, 1.82) is 0 Å². The summed E-state index contributed by atoms with van der Waals surface area (Å²) in [6.07, 6.45) is 4.01. The van der Waals surface area contributed by atoms with Gasteiger partial charge in [0.25, 0.3) is 0 Å². The van der Waals surface area contributed by atoms with Crippen LogP contribution in [0.2, 0.25) is 0 Å². The maximum absolute atomic E-state index is 12.7. The summed E-state index contributed by atoms with van der Waals surface area (Å²) in [6, 6.07) is 8.28. The molecule has 0 N–H and O–H groups in total. The van der Waals surface area contributed by atoms with Crippen LogP contribution in [-0.2, 0) is 6.42 Å². The van der Waals surface area contributed by atoms with Gasteiger partial charge < -0.3 is 0 Å². The first kappa shape index (κ1) is 11.7. The fourth-order valence-corrected chi connectivity index (χ4v) is 1.40. The Morgan fingerprint density at radius 3 is 2.80 bits per heavy atom. The maximum atomic E-state index is 12.7. The average Bonchev–Trinajstić information content (AvgIpc) is 2.26. The van der Waals surface area contributed by atoms with Crippen LogP contribution in [0.4, 0.5) is 4.39 Å². The summed E-state index contributed by atoms with van der Waals surface area (Å²) >= 11 is 0. The van der Waals surface area contributed by atoms with E-state index in [1.807, 2.05) is 12.1 Å². The second-order valence-corrected chi connectivity index (χ2v) is 3.57. The monoisotopic (exact) mass is 204 g/mol. The summed E-state index contributed by atoms with van der Waals surface area (Å²) < 4.78 is 12.7. The predicted molar refractivity (Wildman–Crippen MR) is 62.5 cm³/mol. The highest BCUT2D eigenvalue weighted by molar-refractivity contribution is 5.25. The first-order valence-electron chi connectivity index (χ1n) is 5.38. The van der Waals surface area contributed by atoms with Crippen molar-refractivity contribution in [2.75, 3.05) is 0 Å². The van der Waals surface area contributed by atoms with Crippen molar-refractivity contribution in [2.45, 2.75) is 33.1 Å². The molecule has 1 heteroatoms. The lowest BCUT2D eigenvalue weighted by atomic mass is 10.0. The van der Waals surface area contributed by atoms with Crippen molar-refractivity contribution < 1.29 is 4.39 Å². The molecule has 15 heavy (non-hydrogen) atoms. The van der Waals surface area contributed by atoms with Crippen LogP contribution in [0, 0.1) is 6.92 Å². The smallest absolute Gasteiger partial charge is 0.141 e. The topological polar surface area (TPSA) is 0 Å².